The van der Waals surface area contributed by atoms with Gasteiger partial charge in [-0.15, -0.1) is 24.0 Å². The molecule has 26 heavy (non-hydrogen) atoms. The van der Waals surface area contributed by atoms with Crippen molar-refractivity contribution in [2.45, 2.75) is 13.5 Å². The van der Waals surface area contributed by atoms with Crippen molar-refractivity contribution in [3.8, 4) is 11.4 Å². The zero-order valence-electron chi connectivity index (χ0n) is 14.8. The molecule has 2 aromatic rings. The summed E-state index contributed by atoms with van der Waals surface area (Å²) < 4.78 is 5.23. The van der Waals surface area contributed by atoms with Gasteiger partial charge in [0.15, 0.2) is 5.96 Å². The monoisotopic (exact) mass is 492 g/mol. The van der Waals surface area contributed by atoms with Gasteiger partial charge in [0.25, 0.3) is 0 Å². The molecule has 0 radical (unpaired) electrons. The summed E-state index contributed by atoms with van der Waals surface area (Å²) in [5, 5.41) is 10.7. The van der Waals surface area contributed by atoms with Crippen LogP contribution >= 0.6 is 35.6 Å². The number of hydrogen-bond donors (Lipinski definition) is 2. The zero-order chi connectivity index (χ0) is 18.2. The van der Waals surface area contributed by atoms with Gasteiger partial charge in [-0.05, 0) is 31.2 Å². The van der Waals surface area contributed by atoms with E-state index >= 15 is 0 Å². The molecule has 2 rings (SSSR count). The van der Waals surface area contributed by atoms with Crippen molar-refractivity contribution in [1.82, 2.24) is 25.7 Å². The van der Waals surface area contributed by atoms with Crippen molar-refractivity contribution in [1.29, 1.82) is 0 Å². The fraction of sp³-hybridized carbons (Fsp3) is 0.375. The first-order chi connectivity index (χ1) is 12.0. The molecule has 0 bridgehead atoms. The van der Waals surface area contributed by atoms with Crippen molar-refractivity contribution in [2.24, 2.45) is 4.99 Å². The molecule has 0 saturated heterocycles. The Morgan fingerprint density at radius 3 is 2.58 bits per heavy atom. The summed E-state index contributed by atoms with van der Waals surface area (Å²) >= 11 is 5.87. The van der Waals surface area contributed by atoms with Crippen LogP contribution < -0.4 is 10.6 Å². The van der Waals surface area contributed by atoms with Crippen LogP contribution in [0, 0.1) is 0 Å². The predicted molar refractivity (Wildman–Crippen MR) is 112 cm³/mol. The lowest BCUT2D eigenvalue weighted by Gasteiger charge is -2.11. The minimum Gasteiger partial charge on any atom is -0.357 e. The number of likely N-dealkylation sites (N-methyl/N-ethyl adjacent to an activating group) is 1. The largest absolute Gasteiger partial charge is 0.357 e. The number of nitrogens with one attached hydrogen (secondary N) is 2. The maximum atomic E-state index is 11.6. The van der Waals surface area contributed by atoms with Crippen LogP contribution in [-0.2, 0) is 11.3 Å². The van der Waals surface area contributed by atoms with E-state index in [1.807, 2.05) is 19.1 Å². The van der Waals surface area contributed by atoms with Gasteiger partial charge in [0, 0.05) is 31.2 Å². The van der Waals surface area contributed by atoms with Crippen molar-refractivity contribution in [3.63, 3.8) is 0 Å². The lowest BCUT2D eigenvalue weighted by atomic mass is 10.2. The van der Waals surface area contributed by atoms with Gasteiger partial charge in [0.05, 0.1) is 6.54 Å². The van der Waals surface area contributed by atoms with E-state index in [2.05, 4.69) is 25.8 Å². The van der Waals surface area contributed by atoms with E-state index in [1.54, 1.807) is 26.2 Å². The smallest absolute Gasteiger partial charge is 0.246 e. The van der Waals surface area contributed by atoms with E-state index in [1.165, 1.54) is 4.90 Å². The Bertz CT molecular complexity index is 733. The van der Waals surface area contributed by atoms with Crippen LogP contribution in [0.2, 0.25) is 5.02 Å². The molecule has 0 spiro atoms. The number of carbonyl (C=O) groups is 1. The minimum absolute atomic E-state index is 0. The first kappa shape index (κ1) is 22.2. The predicted octanol–water partition coefficient (Wildman–Crippen LogP) is 2.15. The Hall–Kier alpha value is -1.88. The number of benzene rings is 1. The topological polar surface area (TPSA) is 95.7 Å². The highest BCUT2D eigenvalue weighted by Gasteiger charge is 2.10. The van der Waals surface area contributed by atoms with Crippen LogP contribution in [0.15, 0.2) is 33.8 Å². The second kappa shape index (κ2) is 11.0. The van der Waals surface area contributed by atoms with Gasteiger partial charge < -0.3 is 20.1 Å². The molecule has 0 unspecified atom stereocenters. The number of guanidine groups is 1. The number of halogens is 2. The zero-order valence-corrected chi connectivity index (χ0v) is 17.9. The summed E-state index contributed by atoms with van der Waals surface area (Å²) in [6, 6.07) is 7.18. The molecule has 0 saturated carbocycles. The van der Waals surface area contributed by atoms with Crippen molar-refractivity contribution < 1.29 is 9.32 Å². The average Bonchev–Trinajstić information content (AvgIpc) is 3.06. The minimum atomic E-state index is -0.0833. The number of carbonyl (C=O) groups excluding carboxylic acids is 1. The number of rotatable bonds is 6. The van der Waals surface area contributed by atoms with Gasteiger partial charge in [-0.25, -0.2) is 4.99 Å². The Morgan fingerprint density at radius 1 is 1.27 bits per heavy atom. The second-order valence-electron chi connectivity index (χ2n) is 5.36. The molecule has 0 aliphatic rings. The first-order valence-corrected chi connectivity index (χ1v) is 8.18. The highest BCUT2D eigenvalue weighted by Crippen LogP contribution is 2.18. The Labute approximate surface area is 174 Å². The van der Waals surface area contributed by atoms with E-state index in [0.29, 0.717) is 35.8 Å². The lowest BCUT2D eigenvalue weighted by molar-refractivity contribution is -0.127. The molecule has 8 nitrogen and oxygen atoms in total. The molecular weight excluding hydrogens is 471 g/mol. The number of aliphatic imine (C=N–C) groups is 1. The van der Waals surface area contributed by atoms with Crippen LogP contribution in [-0.4, -0.2) is 54.1 Å². The molecule has 0 aliphatic carbocycles. The number of hydrogen-bond acceptors (Lipinski definition) is 5. The number of amides is 1. The highest BCUT2D eigenvalue weighted by molar-refractivity contribution is 14.0. The first-order valence-electron chi connectivity index (χ1n) is 7.80. The van der Waals surface area contributed by atoms with E-state index in [9.17, 15) is 4.79 Å². The average molecular weight is 493 g/mol. The maximum absolute atomic E-state index is 11.6. The van der Waals surface area contributed by atoms with Crippen molar-refractivity contribution in [2.75, 3.05) is 27.2 Å². The molecule has 1 aromatic carbocycles. The maximum Gasteiger partial charge on any atom is 0.246 e. The quantitative estimate of drug-likeness (QED) is 0.364. The summed E-state index contributed by atoms with van der Waals surface area (Å²) in [6.45, 7) is 2.96. The molecule has 10 heteroatoms. The Morgan fingerprint density at radius 2 is 1.96 bits per heavy atom. The third kappa shape index (κ3) is 6.79. The summed E-state index contributed by atoms with van der Waals surface area (Å²) in [7, 11) is 3.38. The Kier molecular flexibility index (Phi) is 9.35. The van der Waals surface area contributed by atoms with E-state index in [0.717, 1.165) is 5.56 Å². The van der Waals surface area contributed by atoms with Crippen LogP contribution in [0.3, 0.4) is 0 Å². The molecule has 0 fully saturated rings. The number of nitrogens with zero attached hydrogens (tertiary/aromatic N) is 4. The van der Waals surface area contributed by atoms with E-state index in [4.69, 9.17) is 16.1 Å². The summed E-state index contributed by atoms with van der Waals surface area (Å²) in [5.41, 5.74) is 0.816. The van der Waals surface area contributed by atoms with Crippen LogP contribution in [0.5, 0.6) is 0 Å². The van der Waals surface area contributed by atoms with Crippen LogP contribution in [0.4, 0.5) is 0 Å². The fourth-order valence-corrected chi connectivity index (χ4v) is 1.96. The third-order valence-electron chi connectivity index (χ3n) is 3.19. The molecule has 1 aromatic heterocycles. The van der Waals surface area contributed by atoms with Crippen molar-refractivity contribution in [3.05, 3.63) is 35.2 Å². The highest BCUT2D eigenvalue weighted by atomic mass is 127. The fourth-order valence-electron chi connectivity index (χ4n) is 1.83. The van der Waals surface area contributed by atoms with Crippen molar-refractivity contribution >= 4 is 47.4 Å². The van der Waals surface area contributed by atoms with Gasteiger partial charge in [-0.3, -0.25) is 4.79 Å². The lowest BCUT2D eigenvalue weighted by Crippen LogP contribution is -2.38. The standard InChI is InChI=1S/C16H21ClN6O2.HI/c1-4-18-16(20-10-14(24)23(2)3)19-9-13-21-15(22-25-13)11-5-7-12(17)8-6-11;/h5-8H,4,9-10H2,1-3H3,(H2,18,19,20);1H. The molecule has 1 heterocycles. The van der Waals surface area contributed by atoms with Crippen LogP contribution in [0.25, 0.3) is 11.4 Å². The molecule has 1 amide bonds. The second-order valence-corrected chi connectivity index (χ2v) is 5.79. The van der Waals surface area contributed by atoms with Gasteiger partial charge in [0.2, 0.25) is 17.6 Å². The van der Waals surface area contributed by atoms with E-state index in [-0.39, 0.29) is 36.4 Å². The Balaban J connectivity index is 0.00000338. The van der Waals surface area contributed by atoms with Crippen LogP contribution in [0.1, 0.15) is 12.8 Å². The molecule has 142 valence electrons. The van der Waals surface area contributed by atoms with Gasteiger partial charge in [-0.2, -0.15) is 4.98 Å². The van der Waals surface area contributed by atoms with Gasteiger partial charge in [0.1, 0.15) is 6.54 Å². The van der Waals surface area contributed by atoms with Gasteiger partial charge >= 0.3 is 0 Å². The van der Waals surface area contributed by atoms with Gasteiger partial charge in [-0.1, -0.05) is 16.8 Å². The summed E-state index contributed by atoms with van der Waals surface area (Å²) in [5.74, 6) is 1.32. The molecule has 0 aliphatic heterocycles. The molecular formula is C16H22ClIN6O2. The molecule has 0 atom stereocenters. The third-order valence-corrected chi connectivity index (χ3v) is 3.45. The molecule has 2 N–H and O–H groups in total. The SMILES string of the molecule is CCNC(=NCC(=O)N(C)C)NCc1nc(-c2ccc(Cl)cc2)no1.I. The van der Waals surface area contributed by atoms with E-state index < -0.39 is 0 Å². The summed E-state index contributed by atoms with van der Waals surface area (Å²) in [6.07, 6.45) is 0. The number of aromatic nitrogens is 2. The normalized spacial score (nSPS) is 10.8. The summed E-state index contributed by atoms with van der Waals surface area (Å²) in [4.78, 5) is 21.7.